The Hall–Kier alpha value is -1.75. The maximum absolute atomic E-state index is 11.5. The van der Waals surface area contributed by atoms with E-state index in [1.54, 1.807) is 27.2 Å². The molecule has 0 saturated carbocycles. The third-order valence-corrected chi connectivity index (χ3v) is 2.68. The Balaban J connectivity index is 2.91. The van der Waals surface area contributed by atoms with E-state index in [1.165, 1.54) is 0 Å². The third-order valence-electron chi connectivity index (χ3n) is 2.68. The van der Waals surface area contributed by atoms with Crippen molar-refractivity contribution in [2.75, 3.05) is 14.2 Å². The Kier molecular flexibility index (Phi) is 4.97. The number of nitrogens with one attached hydrogen (secondary N) is 1. The van der Waals surface area contributed by atoms with Crippen LogP contribution in [0.1, 0.15) is 25.5 Å². The fraction of sp³-hybridized carbons (Fsp3) is 0.462. The van der Waals surface area contributed by atoms with Gasteiger partial charge in [0.2, 0.25) is 5.91 Å². The van der Waals surface area contributed by atoms with Crippen LogP contribution < -0.4 is 20.5 Å². The van der Waals surface area contributed by atoms with E-state index in [2.05, 4.69) is 5.32 Å². The SMILES string of the molecule is COc1ccc(C(C)NC(=O)[C@@H](C)N)c(OC)c1. The number of carbonyl (C=O) groups is 1. The smallest absolute Gasteiger partial charge is 0.237 e. The molecule has 0 saturated heterocycles. The van der Waals surface area contributed by atoms with Crippen LogP contribution in [0.3, 0.4) is 0 Å². The predicted molar refractivity (Wildman–Crippen MR) is 69.8 cm³/mol. The first-order valence-corrected chi connectivity index (χ1v) is 5.77. The fourth-order valence-electron chi connectivity index (χ4n) is 1.60. The molecule has 5 heteroatoms. The number of rotatable bonds is 5. The van der Waals surface area contributed by atoms with Gasteiger partial charge in [-0.15, -0.1) is 0 Å². The summed E-state index contributed by atoms with van der Waals surface area (Å²) >= 11 is 0. The van der Waals surface area contributed by atoms with Crippen LogP contribution in [0.4, 0.5) is 0 Å². The Bertz CT molecular complexity index is 419. The summed E-state index contributed by atoms with van der Waals surface area (Å²) in [6.07, 6.45) is 0. The Labute approximate surface area is 107 Å². The summed E-state index contributed by atoms with van der Waals surface area (Å²) in [5.41, 5.74) is 6.40. The molecule has 1 aromatic carbocycles. The summed E-state index contributed by atoms with van der Waals surface area (Å²) in [5.74, 6) is 1.19. The van der Waals surface area contributed by atoms with Gasteiger partial charge in [-0.1, -0.05) is 0 Å². The molecule has 0 heterocycles. The van der Waals surface area contributed by atoms with E-state index >= 15 is 0 Å². The Morgan fingerprint density at radius 1 is 1.28 bits per heavy atom. The van der Waals surface area contributed by atoms with Crippen LogP contribution in [-0.2, 0) is 4.79 Å². The first kappa shape index (κ1) is 14.3. The molecule has 18 heavy (non-hydrogen) atoms. The van der Waals surface area contributed by atoms with Crippen LogP contribution >= 0.6 is 0 Å². The lowest BCUT2D eigenvalue weighted by Crippen LogP contribution is -2.39. The van der Waals surface area contributed by atoms with Crippen molar-refractivity contribution in [2.24, 2.45) is 5.73 Å². The zero-order valence-electron chi connectivity index (χ0n) is 11.2. The third kappa shape index (κ3) is 3.37. The minimum atomic E-state index is -0.531. The lowest BCUT2D eigenvalue weighted by molar-refractivity contribution is -0.122. The van der Waals surface area contributed by atoms with Gasteiger partial charge >= 0.3 is 0 Å². The van der Waals surface area contributed by atoms with Crippen molar-refractivity contribution in [3.05, 3.63) is 23.8 Å². The van der Waals surface area contributed by atoms with Gasteiger partial charge in [0.05, 0.1) is 26.3 Å². The maximum atomic E-state index is 11.5. The minimum Gasteiger partial charge on any atom is -0.497 e. The van der Waals surface area contributed by atoms with Gasteiger partial charge in [0.1, 0.15) is 11.5 Å². The van der Waals surface area contributed by atoms with Crippen molar-refractivity contribution in [3.8, 4) is 11.5 Å². The average molecular weight is 252 g/mol. The predicted octanol–water partition coefficient (Wildman–Crippen LogP) is 1.23. The fourth-order valence-corrected chi connectivity index (χ4v) is 1.60. The van der Waals surface area contributed by atoms with E-state index in [1.807, 2.05) is 19.1 Å². The number of hydrogen-bond donors (Lipinski definition) is 2. The molecular formula is C13H20N2O3. The first-order valence-electron chi connectivity index (χ1n) is 5.77. The van der Waals surface area contributed by atoms with Gasteiger partial charge < -0.3 is 20.5 Å². The van der Waals surface area contributed by atoms with E-state index < -0.39 is 6.04 Å². The lowest BCUT2D eigenvalue weighted by Gasteiger charge is -2.19. The summed E-state index contributed by atoms with van der Waals surface area (Å²) in [5, 5.41) is 2.82. The second-order valence-electron chi connectivity index (χ2n) is 4.13. The topological polar surface area (TPSA) is 73.6 Å². The quantitative estimate of drug-likeness (QED) is 0.826. The van der Waals surface area contributed by atoms with E-state index in [9.17, 15) is 4.79 Å². The molecule has 1 rings (SSSR count). The molecule has 100 valence electrons. The highest BCUT2D eigenvalue weighted by molar-refractivity contribution is 5.81. The Morgan fingerprint density at radius 2 is 1.94 bits per heavy atom. The number of methoxy groups -OCH3 is 2. The number of benzene rings is 1. The van der Waals surface area contributed by atoms with Gasteiger partial charge in [-0.3, -0.25) is 4.79 Å². The highest BCUT2D eigenvalue weighted by Crippen LogP contribution is 2.29. The second kappa shape index (κ2) is 6.26. The van der Waals surface area contributed by atoms with Crippen LogP contribution in [0.15, 0.2) is 18.2 Å². The maximum Gasteiger partial charge on any atom is 0.237 e. The molecule has 1 unspecified atom stereocenters. The molecular weight excluding hydrogens is 232 g/mol. The van der Waals surface area contributed by atoms with E-state index in [0.29, 0.717) is 11.5 Å². The highest BCUT2D eigenvalue weighted by Gasteiger charge is 2.16. The van der Waals surface area contributed by atoms with Crippen molar-refractivity contribution in [1.82, 2.24) is 5.32 Å². The molecule has 0 spiro atoms. The molecule has 0 fully saturated rings. The molecule has 0 radical (unpaired) electrons. The molecule has 0 bridgehead atoms. The molecule has 2 atom stereocenters. The average Bonchev–Trinajstić information content (AvgIpc) is 2.37. The first-order chi connectivity index (χ1) is 8.49. The number of amides is 1. The normalized spacial score (nSPS) is 13.6. The molecule has 1 aromatic rings. The van der Waals surface area contributed by atoms with E-state index in [4.69, 9.17) is 15.2 Å². The number of carbonyl (C=O) groups excluding carboxylic acids is 1. The number of ether oxygens (including phenoxy) is 2. The molecule has 5 nitrogen and oxygen atoms in total. The summed E-state index contributed by atoms with van der Waals surface area (Å²) in [7, 11) is 3.17. The van der Waals surface area contributed by atoms with Gasteiger partial charge in [-0.2, -0.15) is 0 Å². The van der Waals surface area contributed by atoms with Gasteiger partial charge in [0, 0.05) is 11.6 Å². The van der Waals surface area contributed by atoms with Crippen molar-refractivity contribution in [1.29, 1.82) is 0 Å². The summed E-state index contributed by atoms with van der Waals surface area (Å²) in [4.78, 5) is 11.5. The second-order valence-corrected chi connectivity index (χ2v) is 4.13. The molecule has 3 N–H and O–H groups in total. The molecule has 1 amide bonds. The number of nitrogens with two attached hydrogens (primary N) is 1. The largest absolute Gasteiger partial charge is 0.497 e. The monoisotopic (exact) mass is 252 g/mol. The molecule has 0 aliphatic carbocycles. The van der Waals surface area contributed by atoms with Crippen molar-refractivity contribution in [2.45, 2.75) is 25.9 Å². The van der Waals surface area contributed by atoms with Gasteiger partial charge in [-0.05, 0) is 26.0 Å². The van der Waals surface area contributed by atoms with Crippen LogP contribution in [-0.4, -0.2) is 26.2 Å². The Morgan fingerprint density at radius 3 is 2.44 bits per heavy atom. The standard InChI is InChI=1S/C13H20N2O3/c1-8(14)13(16)15-9(2)11-6-5-10(17-3)7-12(11)18-4/h5-9H,14H2,1-4H3,(H,15,16)/t8-,9?/m1/s1. The van der Waals surface area contributed by atoms with Crippen LogP contribution in [0.25, 0.3) is 0 Å². The summed E-state index contributed by atoms with van der Waals surface area (Å²) < 4.78 is 10.4. The minimum absolute atomic E-state index is 0.177. The van der Waals surface area contributed by atoms with Crippen molar-refractivity contribution in [3.63, 3.8) is 0 Å². The van der Waals surface area contributed by atoms with E-state index in [-0.39, 0.29) is 11.9 Å². The zero-order chi connectivity index (χ0) is 13.7. The summed E-state index contributed by atoms with van der Waals surface area (Å²) in [6.45, 7) is 3.53. The van der Waals surface area contributed by atoms with Gasteiger partial charge in [0.25, 0.3) is 0 Å². The van der Waals surface area contributed by atoms with Gasteiger partial charge in [-0.25, -0.2) is 0 Å². The molecule has 0 aromatic heterocycles. The zero-order valence-corrected chi connectivity index (χ0v) is 11.2. The van der Waals surface area contributed by atoms with Crippen LogP contribution in [0, 0.1) is 0 Å². The summed E-state index contributed by atoms with van der Waals surface area (Å²) in [6, 6.07) is 4.76. The van der Waals surface area contributed by atoms with Crippen LogP contribution in [0.5, 0.6) is 11.5 Å². The molecule has 0 aliphatic heterocycles. The molecule has 0 aliphatic rings. The van der Waals surface area contributed by atoms with Crippen molar-refractivity contribution < 1.29 is 14.3 Å². The highest BCUT2D eigenvalue weighted by atomic mass is 16.5. The van der Waals surface area contributed by atoms with E-state index in [0.717, 1.165) is 5.56 Å². The van der Waals surface area contributed by atoms with Gasteiger partial charge in [0.15, 0.2) is 0 Å². The van der Waals surface area contributed by atoms with Crippen LogP contribution in [0.2, 0.25) is 0 Å². The number of hydrogen-bond acceptors (Lipinski definition) is 4. The van der Waals surface area contributed by atoms with Crippen molar-refractivity contribution >= 4 is 5.91 Å². The lowest BCUT2D eigenvalue weighted by atomic mass is 10.1.